The van der Waals surface area contributed by atoms with E-state index in [1.165, 1.54) is 43.5 Å². The lowest BCUT2D eigenvalue weighted by molar-refractivity contribution is -0.387. The maximum atomic E-state index is 12.2. The highest BCUT2D eigenvalue weighted by Crippen LogP contribution is 2.22. The molecule has 0 heterocycles. The summed E-state index contributed by atoms with van der Waals surface area (Å²) >= 11 is 0. The van der Waals surface area contributed by atoms with Crippen LogP contribution in [0.15, 0.2) is 58.3 Å². The number of para-hydroxylation sites is 1. The largest absolute Gasteiger partial charge is 0.497 e. The fraction of sp³-hybridized carbons (Fsp3) is 0.200. The van der Waals surface area contributed by atoms with E-state index in [0.29, 0.717) is 5.75 Å². The van der Waals surface area contributed by atoms with Crippen LogP contribution in [0.4, 0.5) is 5.69 Å². The van der Waals surface area contributed by atoms with Crippen molar-refractivity contribution in [3.05, 3.63) is 58.6 Å². The predicted octanol–water partition coefficient (Wildman–Crippen LogP) is 0.860. The molecule has 0 atom stereocenters. The number of methoxy groups -OCH3 is 1. The number of nitro benzene ring substituents is 1. The van der Waals surface area contributed by atoms with Crippen molar-refractivity contribution < 1.29 is 26.5 Å². The minimum Gasteiger partial charge on any atom is -0.497 e. The molecule has 27 heavy (non-hydrogen) atoms. The summed E-state index contributed by atoms with van der Waals surface area (Å²) in [6, 6.07) is 10.5. The first kappa shape index (κ1) is 20.8. The molecule has 2 rings (SSSR count). The van der Waals surface area contributed by atoms with Gasteiger partial charge in [0.2, 0.25) is 20.0 Å². The number of hydrogen-bond acceptors (Lipinski definition) is 7. The van der Waals surface area contributed by atoms with Gasteiger partial charge in [-0.25, -0.2) is 26.3 Å². The maximum Gasteiger partial charge on any atom is 0.289 e. The lowest BCUT2D eigenvalue weighted by atomic mass is 10.3. The van der Waals surface area contributed by atoms with Crippen molar-refractivity contribution in [2.45, 2.75) is 9.79 Å². The van der Waals surface area contributed by atoms with Crippen LogP contribution < -0.4 is 14.2 Å². The van der Waals surface area contributed by atoms with E-state index in [4.69, 9.17) is 4.74 Å². The van der Waals surface area contributed by atoms with E-state index in [1.54, 1.807) is 0 Å². The van der Waals surface area contributed by atoms with Crippen molar-refractivity contribution in [2.75, 3.05) is 20.2 Å². The molecule has 10 nitrogen and oxygen atoms in total. The average molecular weight is 415 g/mol. The van der Waals surface area contributed by atoms with Crippen LogP contribution in [0.5, 0.6) is 5.75 Å². The normalized spacial score (nSPS) is 11.9. The molecule has 146 valence electrons. The molecule has 12 heteroatoms. The van der Waals surface area contributed by atoms with Gasteiger partial charge in [0.1, 0.15) is 5.75 Å². The molecule has 0 saturated heterocycles. The molecular weight excluding hydrogens is 398 g/mol. The molecule has 0 bridgehead atoms. The number of nitrogens with zero attached hydrogens (tertiary/aromatic N) is 1. The maximum absolute atomic E-state index is 12.2. The number of nitrogens with one attached hydrogen (secondary N) is 2. The van der Waals surface area contributed by atoms with Gasteiger partial charge in [0, 0.05) is 19.2 Å². The van der Waals surface area contributed by atoms with Gasteiger partial charge in [-0.15, -0.1) is 0 Å². The molecule has 0 aliphatic carbocycles. The average Bonchev–Trinajstić information content (AvgIpc) is 2.65. The molecule has 0 aromatic heterocycles. The van der Waals surface area contributed by atoms with E-state index in [2.05, 4.69) is 9.44 Å². The van der Waals surface area contributed by atoms with Gasteiger partial charge in [-0.2, -0.15) is 0 Å². The van der Waals surface area contributed by atoms with E-state index < -0.39 is 35.6 Å². The lowest BCUT2D eigenvalue weighted by Crippen LogP contribution is -2.34. The summed E-state index contributed by atoms with van der Waals surface area (Å²) < 4.78 is 58.1. The van der Waals surface area contributed by atoms with Crippen LogP contribution >= 0.6 is 0 Å². The molecule has 0 saturated carbocycles. The van der Waals surface area contributed by atoms with Crippen molar-refractivity contribution in [1.29, 1.82) is 0 Å². The molecule has 0 aliphatic rings. The highest BCUT2D eigenvalue weighted by atomic mass is 32.2. The van der Waals surface area contributed by atoms with E-state index in [1.807, 2.05) is 0 Å². The first-order valence-corrected chi connectivity index (χ1v) is 10.5. The van der Waals surface area contributed by atoms with Crippen LogP contribution in [0.3, 0.4) is 0 Å². The van der Waals surface area contributed by atoms with Gasteiger partial charge in [0.05, 0.1) is 16.9 Å². The quantitative estimate of drug-likeness (QED) is 0.351. The molecule has 0 spiro atoms. The van der Waals surface area contributed by atoms with Crippen LogP contribution in [-0.2, 0) is 20.0 Å². The Morgan fingerprint density at radius 3 is 2.04 bits per heavy atom. The Hall–Kier alpha value is -2.54. The fourth-order valence-corrected chi connectivity index (χ4v) is 4.36. The molecule has 2 aromatic carbocycles. The summed E-state index contributed by atoms with van der Waals surface area (Å²) in [4.78, 5) is 9.64. The molecule has 0 amide bonds. The summed E-state index contributed by atoms with van der Waals surface area (Å²) in [6.07, 6.45) is 0. The monoisotopic (exact) mass is 415 g/mol. The van der Waals surface area contributed by atoms with Crippen molar-refractivity contribution in [3.63, 3.8) is 0 Å². The Morgan fingerprint density at radius 1 is 0.926 bits per heavy atom. The number of ether oxygens (including phenoxy) is 1. The fourth-order valence-electron chi connectivity index (χ4n) is 2.12. The molecule has 2 aromatic rings. The SMILES string of the molecule is COc1ccc(S(=O)(=O)NCCNS(=O)(=O)c2ccccc2[N+](=O)[O-])cc1. The van der Waals surface area contributed by atoms with Crippen LogP contribution in [0.25, 0.3) is 0 Å². The lowest BCUT2D eigenvalue weighted by Gasteiger charge is -2.09. The smallest absolute Gasteiger partial charge is 0.289 e. The van der Waals surface area contributed by atoms with Gasteiger partial charge in [0.15, 0.2) is 4.90 Å². The first-order chi connectivity index (χ1) is 12.7. The Bertz CT molecular complexity index is 1020. The Balaban J connectivity index is 2.00. The number of hydrogen-bond donors (Lipinski definition) is 2. The number of rotatable bonds is 9. The van der Waals surface area contributed by atoms with Gasteiger partial charge < -0.3 is 4.74 Å². The molecule has 0 unspecified atom stereocenters. The Labute approximate surface area is 156 Å². The molecule has 0 aliphatic heterocycles. The molecular formula is C15H17N3O7S2. The first-order valence-electron chi connectivity index (χ1n) is 7.54. The second kappa shape index (κ2) is 8.43. The van der Waals surface area contributed by atoms with Crippen molar-refractivity contribution >= 4 is 25.7 Å². The van der Waals surface area contributed by atoms with Gasteiger partial charge in [-0.3, -0.25) is 10.1 Å². The zero-order chi connectivity index (χ0) is 20.1. The minimum atomic E-state index is -4.17. The highest BCUT2D eigenvalue weighted by molar-refractivity contribution is 7.90. The van der Waals surface area contributed by atoms with Crippen molar-refractivity contribution in [1.82, 2.24) is 9.44 Å². The minimum absolute atomic E-state index is 0.00939. The molecule has 0 fully saturated rings. The van der Waals surface area contributed by atoms with Crippen LogP contribution in [0.1, 0.15) is 0 Å². The summed E-state index contributed by atoms with van der Waals surface area (Å²) in [6.45, 7) is -0.530. The predicted molar refractivity (Wildman–Crippen MR) is 96.5 cm³/mol. The van der Waals surface area contributed by atoms with E-state index in [-0.39, 0.29) is 18.0 Å². The zero-order valence-electron chi connectivity index (χ0n) is 14.2. The van der Waals surface area contributed by atoms with Crippen LogP contribution in [0, 0.1) is 10.1 Å². The molecule has 0 radical (unpaired) electrons. The van der Waals surface area contributed by atoms with Gasteiger partial charge in [-0.1, -0.05) is 12.1 Å². The third-order valence-electron chi connectivity index (χ3n) is 3.43. The second-order valence-electron chi connectivity index (χ2n) is 5.20. The zero-order valence-corrected chi connectivity index (χ0v) is 15.8. The summed E-state index contributed by atoms with van der Waals surface area (Å²) in [5.41, 5.74) is -0.566. The van der Waals surface area contributed by atoms with Crippen molar-refractivity contribution in [2.24, 2.45) is 0 Å². The van der Waals surface area contributed by atoms with Gasteiger partial charge in [0.25, 0.3) is 5.69 Å². The van der Waals surface area contributed by atoms with E-state index >= 15 is 0 Å². The summed E-state index contributed by atoms with van der Waals surface area (Å²) in [5.74, 6) is 0.492. The van der Waals surface area contributed by atoms with E-state index in [9.17, 15) is 26.9 Å². The Kier molecular flexibility index (Phi) is 6.49. The topological polar surface area (TPSA) is 145 Å². The number of nitro groups is 1. The summed E-state index contributed by atoms with van der Waals surface area (Å²) in [7, 11) is -6.56. The number of benzene rings is 2. The third-order valence-corrected chi connectivity index (χ3v) is 6.42. The Morgan fingerprint density at radius 2 is 1.48 bits per heavy atom. The summed E-state index contributed by atoms with van der Waals surface area (Å²) in [5, 5.41) is 10.9. The van der Waals surface area contributed by atoms with Crippen LogP contribution in [0.2, 0.25) is 0 Å². The van der Waals surface area contributed by atoms with Crippen LogP contribution in [-0.4, -0.2) is 42.0 Å². The molecule has 2 N–H and O–H groups in total. The van der Waals surface area contributed by atoms with Gasteiger partial charge in [-0.05, 0) is 30.3 Å². The third kappa shape index (κ3) is 5.23. The van der Waals surface area contributed by atoms with Crippen molar-refractivity contribution in [3.8, 4) is 5.75 Å². The van der Waals surface area contributed by atoms with Gasteiger partial charge >= 0.3 is 0 Å². The standard InChI is InChI=1S/C15H17N3O7S2/c1-25-12-6-8-13(9-7-12)26(21,22)16-10-11-17-27(23,24)15-5-3-2-4-14(15)18(19)20/h2-9,16-17H,10-11H2,1H3. The second-order valence-corrected chi connectivity index (χ2v) is 8.70. The number of sulfonamides is 2. The highest BCUT2D eigenvalue weighted by Gasteiger charge is 2.24. The van der Waals surface area contributed by atoms with E-state index in [0.717, 1.165) is 12.1 Å².